The molecule has 0 bridgehead atoms. The lowest BCUT2D eigenvalue weighted by molar-refractivity contribution is 0.0460. The van der Waals surface area contributed by atoms with Crippen molar-refractivity contribution in [3.63, 3.8) is 0 Å². The van der Waals surface area contributed by atoms with E-state index in [2.05, 4.69) is 20.5 Å². The third kappa shape index (κ3) is 2.87. The van der Waals surface area contributed by atoms with Crippen LogP contribution in [-0.4, -0.2) is 31.1 Å². The Bertz CT molecular complexity index is 1020. The van der Waals surface area contributed by atoms with Crippen LogP contribution in [0.1, 0.15) is 23.1 Å². The summed E-state index contributed by atoms with van der Waals surface area (Å²) in [6.07, 6.45) is 1.50. The van der Waals surface area contributed by atoms with Crippen LogP contribution in [0.5, 0.6) is 0 Å². The first-order valence-electron chi connectivity index (χ1n) is 7.61. The van der Waals surface area contributed by atoms with Gasteiger partial charge in [0.1, 0.15) is 5.52 Å². The van der Waals surface area contributed by atoms with Crippen molar-refractivity contribution in [1.29, 1.82) is 0 Å². The van der Waals surface area contributed by atoms with E-state index < -0.39 is 5.97 Å². The number of ether oxygens (including phenoxy) is 1. The maximum absolute atomic E-state index is 12.2. The highest BCUT2D eigenvalue weighted by Gasteiger charge is 2.15. The Morgan fingerprint density at radius 2 is 2.24 bits per heavy atom. The lowest BCUT2D eigenvalue weighted by Crippen LogP contribution is -2.06. The number of esters is 1. The van der Waals surface area contributed by atoms with Gasteiger partial charge in [0.25, 0.3) is 5.89 Å². The van der Waals surface area contributed by atoms with Crippen molar-refractivity contribution < 1.29 is 18.5 Å². The smallest absolute Gasteiger partial charge is 0.338 e. The van der Waals surface area contributed by atoms with Crippen LogP contribution in [0.3, 0.4) is 0 Å². The van der Waals surface area contributed by atoms with E-state index in [1.165, 1.54) is 6.26 Å². The van der Waals surface area contributed by atoms with E-state index in [-0.39, 0.29) is 18.3 Å². The third-order valence-electron chi connectivity index (χ3n) is 3.58. The van der Waals surface area contributed by atoms with Crippen LogP contribution in [-0.2, 0) is 17.9 Å². The van der Waals surface area contributed by atoms with Crippen molar-refractivity contribution in [1.82, 2.24) is 25.1 Å². The highest BCUT2D eigenvalue weighted by Crippen LogP contribution is 2.18. The highest BCUT2D eigenvalue weighted by atomic mass is 16.5. The molecule has 0 aliphatic heterocycles. The van der Waals surface area contributed by atoms with E-state index in [0.717, 1.165) is 5.52 Å². The molecular formula is C16H13N5O4. The quantitative estimate of drug-likeness (QED) is 0.510. The molecule has 0 atom stereocenters. The number of aromatic nitrogens is 5. The first-order chi connectivity index (χ1) is 12.2. The summed E-state index contributed by atoms with van der Waals surface area (Å²) in [5.74, 6) is 0.429. The van der Waals surface area contributed by atoms with Gasteiger partial charge in [-0.25, -0.2) is 9.48 Å². The van der Waals surface area contributed by atoms with E-state index in [0.29, 0.717) is 23.4 Å². The maximum atomic E-state index is 12.2. The van der Waals surface area contributed by atoms with Crippen molar-refractivity contribution in [3.8, 4) is 11.7 Å². The van der Waals surface area contributed by atoms with Crippen molar-refractivity contribution in [2.75, 3.05) is 0 Å². The summed E-state index contributed by atoms with van der Waals surface area (Å²) >= 11 is 0. The Balaban J connectivity index is 1.45. The normalized spacial score (nSPS) is 11.1. The van der Waals surface area contributed by atoms with Crippen molar-refractivity contribution in [2.45, 2.75) is 20.1 Å². The van der Waals surface area contributed by atoms with E-state index in [4.69, 9.17) is 13.7 Å². The first kappa shape index (κ1) is 15.1. The predicted molar refractivity (Wildman–Crippen MR) is 84.3 cm³/mol. The van der Waals surface area contributed by atoms with Gasteiger partial charge in [-0.3, -0.25) is 0 Å². The molecule has 0 N–H and O–H groups in total. The Labute approximate surface area is 141 Å². The molecule has 1 aromatic carbocycles. The minimum Gasteiger partial charge on any atom is -0.459 e. The van der Waals surface area contributed by atoms with E-state index in [1.54, 1.807) is 35.0 Å². The summed E-state index contributed by atoms with van der Waals surface area (Å²) in [6.45, 7) is 2.57. The Morgan fingerprint density at radius 1 is 1.32 bits per heavy atom. The van der Waals surface area contributed by atoms with Crippen molar-refractivity contribution in [3.05, 3.63) is 48.0 Å². The van der Waals surface area contributed by atoms with E-state index in [9.17, 15) is 4.79 Å². The average Bonchev–Trinajstić information content (AvgIpc) is 3.38. The van der Waals surface area contributed by atoms with Crippen LogP contribution in [0.25, 0.3) is 22.7 Å². The van der Waals surface area contributed by atoms with Crippen LogP contribution >= 0.6 is 0 Å². The molecule has 0 spiro atoms. The number of nitrogens with zero attached hydrogens (tertiary/aromatic N) is 5. The first-order valence-corrected chi connectivity index (χ1v) is 7.61. The minimum absolute atomic E-state index is 0.108. The monoisotopic (exact) mass is 339 g/mol. The van der Waals surface area contributed by atoms with Crippen molar-refractivity contribution >= 4 is 17.0 Å². The molecule has 0 amide bonds. The second-order valence-electron chi connectivity index (χ2n) is 5.18. The SMILES string of the molecule is CCn1nnc2cc(C(=O)OCc3noc(-c4ccco4)n3)ccc21. The molecule has 0 unspecified atom stereocenters. The predicted octanol–water partition coefficient (Wildman–Crippen LogP) is 2.45. The number of carbonyl (C=O) groups excluding carboxylic acids is 1. The Hall–Kier alpha value is -3.49. The summed E-state index contributed by atoms with van der Waals surface area (Å²) < 4.78 is 17.2. The molecule has 0 aliphatic carbocycles. The Kier molecular flexibility index (Phi) is 3.73. The fourth-order valence-electron chi connectivity index (χ4n) is 2.36. The molecule has 9 nitrogen and oxygen atoms in total. The van der Waals surface area contributed by atoms with Gasteiger partial charge in [-0.2, -0.15) is 4.98 Å². The molecule has 25 heavy (non-hydrogen) atoms. The fourth-order valence-corrected chi connectivity index (χ4v) is 2.36. The van der Waals surface area contributed by atoms with Gasteiger partial charge < -0.3 is 13.7 Å². The van der Waals surface area contributed by atoms with Gasteiger partial charge in [0, 0.05) is 6.54 Å². The molecule has 3 aromatic heterocycles. The van der Waals surface area contributed by atoms with Crippen LogP contribution in [0.2, 0.25) is 0 Å². The number of furan rings is 1. The van der Waals surface area contributed by atoms with Crippen LogP contribution in [0.4, 0.5) is 0 Å². The summed E-state index contributed by atoms with van der Waals surface area (Å²) in [5.41, 5.74) is 1.88. The lowest BCUT2D eigenvalue weighted by Gasteiger charge is -2.02. The molecular weight excluding hydrogens is 326 g/mol. The van der Waals surface area contributed by atoms with Crippen molar-refractivity contribution in [2.24, 2.45) is 0 Å². The molecule has 0 radical (unpaired) electrons. The van der Waals surface area contributed by atoms with E-state index in [1.807, 2.05) is 6.92 Å². The van der Waals surface area contributed by atoms with Crippen LogP contribution in [0.15, 0.2) is 45.5 Å². The number of hydrogen-bond acceptors (Lipinski definition) is 8. The topological polar surface area (TPSA) is 109 Å². The summed E-state index contributed by atoms with van der Waals surface area (Å²) in [6, 6.07) is 8.51. The van der Waals surface area contributed by atoms with E-state index >= 15 is 0 Å². The van der Waals surface area contributed by atoms with Gasteiger partial charge in [0.05, 0.1) is 17.3 Å². The van der Waals surface area contributed by atoms with Crippen LogP contribution in [0, 0.1) is 0 Å². The number of aryl methyl sites for hydroxylation is 1. The molecule has 3 heterocycles. The summed E-state index contributed by atoms with van der Waals surface area (Å²) in [7, 11) is 0. The third-order valence-corrected chi connectivity index (χ3v) is 3.58. The number of hydrogen-bond donors (Lipinski definition) is 0. The minimum atomic E-state index is -0.503. The molecule has 9 heteroatoms. The molecule has 0 fully saturated rings. The molecule has 4 aromatic rings. The second kappa shape index (κ2) is 6.19. The number of fused-ring (bicyclic) bond motifs is 1. The largest absolute Gasteiger partial charge is 0.459 e. The molecule has 0 saturated heterocycles. The molecule has 126 valence electrons. The zero-order valence-electron chi connectivity index (χ0n) is 13.2. The zero-order chi connectivity index (χ0) is 17.2. The van der Waals surface area contributed by atoms with Gasteiger partial charge in [-0.15, -0.1) is 5.10 Å². The molecule has 0 aliphatic rings. The van der Waals surface area contributed by atoms with Crippen LogP contribution < -0.4 is 0 Å². The highest BCUT2D eigenvalue weighted by molar-refractivity contribution is 5.93. The average molecular weight is 339 g/mol. The van der Waals surface area contributed by atoms with Gasteiger partial charge >= 0.3 is 5.97 Å². The van der Waals surface area contributed by atoms with Gasteiger partial charge in [-0.05, 0) is 37.3 Å². The van der Waals surface area contributed by atoms with Gasteiger partial charge in [-0.1, -0.05) is 10.4 Å². The fraction of sp³-hybridized carbons (Fsp3) is 0.188. The van der Waals surface area contributed by atoms with Gasteiger partial charge in [0.2, 0.25) is 5.82 Å². The summed E-state index contributed by atoms with van der Waals surface area (Å²) in [4.78, 5) is 16.3. The standard InChI is InChI=1S/C16H13N5O4/c1-2-21-12-6-5-10(8-11(12)18-20-21)16(22)24-9-14-17-15(25-19-14)13-4-3-7-23-13/h3-8H,2,9H2,1H3. The maximum Gasteiger partial charge on any atom is 0.338 e. The molecule has 4 rings (SSSR count). The molecule has 0 saturated carbocycles. The van der Waals surface area contributed by atoms with Gasteiger partial charge in [0.15, 0.2) is 12.4 Å². The number of carbonyl (C=O) groups is 1. The second-order valence-corrected chi connectivity index (χ2v) is 5.18. The number of rotatable bonds is 5. The summed E-state index contributed by atoms with van der Waals surface area (Å²) in [5, 5.41) is 11.8. The lowest BCUT2D eigenvalue weighted by atomic mass is 10.2. The number of benzene rings is 1. The Morgan fingerprint density at radius 3 is 3.04 bits per heavy atom. The zero-order valence-corrected chi connectivity index (χ0v) is 13.2.